The number of amides is 2. The Morgan fingerprint density at radius 2 is 1.81 bits per heavy atom. The van der Waals surface area contributed by atoms with Crippen molar-refractivity contribution in [2.75, 3.05) is 18.5 Å². The molecule has 164 valence electrons. The second-order valence-corrected chi connectivity index (χ2v) is 8.90. The van der Waals surface area contributed by atoms with Crippen molar-refractivity contribution >= 4 is 44.9 Å². The van der Waals surface area contributed by atoms with Crippen LogP contribution in [-0.4, -0.2) is 49.9 Å². The first kappa shape index (κ1) is 22.8. The van der Waals surface area contributed by atoms with Crippen molar-refractivity contribution in [3.63, 3.8) is 0 Å². The summed E-state index contributed by atoms with van der Waals surface area (Å²) < 4.78 is 36.0. The molecule has 3 rings (SSSR count). The third-order valence-electron chi connectivity index (χ3n) is 4.95. The van der Waals surface area contributed by atoms with Crippen molar-refractivity contribution in [2.24, 2.45) is 5.14 Å². The van der Waals surface area contributed by atoms with Gasteiger partial charge in [0.05, 0.1) is 17.0 Å². The fourth-order valence-corrected chi connectivity index (χ4v) is 4.09. The number of thiocarbonyl (C=S) groups is 1. The number of nitrogens with two attached hydrogens (primary N) is 1. The lowest BCUT2D eigenvalue weighted by Crippen LogP contribution is -2.49. The van der Waals surface area contributed by atoms with E-state index in [-0.39, 0.29) is 11.3 Å². The van der Waals surface area contributed by atoms with Gasteiger partial charge in [-0.3, -0.25) is 9.59 Å². The van der Waals surface area contributed by atoms with Gasteiger partial charge in [-0.1, -0.05) is 12.1 Å². The maximum atomic E-state index is 13.2. The van der Waals surface area contributed by atoms with Gasteiger partial charge in [0.2, 0.25) is 15.9 Å². The summed E-state index contributed by atoms with van der Waals surface area (Å²) in [6.45, 7) is 0.315. The van der Waals surface area contributed by atoms with Crippen LogP contribution in [0.25, 0.3) is 0 Å². The molecule has 0 spiro atoms. The third kappa shape index (κ3) is 5.06. The second-order valence-electron chi connectivity index (χ2n) is 6.95. The summed E-state index contributed by atoms with van der Waals surface area (Å²) in [5.74, 6) is -1.31. The van der Waals surface area contributed by atoms with Gasteiger partial charge < -0.3 is 10.2 Å². The van der Waals surface area contributed by atoms with E-state index < -0.39 is 33.7 Å². The smallest absolute Gasteiger partial charge is 0.257 e. The standard InChI is InChI=1S/C20H21FN4O4S2/c1-23-20(30)24(11-10-13-2-8-16(9-3-13)31(22,28)29)17-12-18(26)25(19(17)27)15-6-4-14(21)5-7-15/h2-9,17H,10-12H2,1H3,(H,23,30)(H2,22,28,29). The number of anilines is 1. The van der Waals surface area contributed by atoms with E-state index in [1.54, 1.807) is 24.1 Å². The first-order valence-electron chi connectivity index (χ1n) is 9.34. The molecule has 11 heteroatoms. The molecule has 2 aromatic rings. The molecule has 1 atom stereocenters. The average molecular weight is 465 g/mol. The molecule has 0 aliphatic carbocycles. The molecule has 1 unspecified atom stereocenters. The maximum Gasteiger partial charge on any atom is 0.257 e. The number of primary sulfonamides is 1. The molecule has 0 radical (unpaired) electrons. The zero-order valence-corrected chi connectivity index (χ0v) is 18.2. The van der Waals surface area contributed by atoms with E-state index in [0.29, 0.717) is 23.8 Å². The molecule has 1 aliphatic rings. The van der Waals surface area contributed by atoms with Crippen LogP contribution >= 0.6 is 12.2 Å². The van der Waals surface area contributed by atoms with E-state index in [4.69, 9.17) is 17.4 Å². The average Bonchev–Trinajstić information content (AvgIpc) is 3.02. The van der Waals surface area contributed by atoms with E-state index in [0.717, 1.165) is 10.5 Å². The van der Waals surface area contributed by atoms with Crippen LogP contribution in [0.15, 0.2) is 53.4 Å². The maximum absolute atomic E-state index is 13.2. The predicted molar refractivity (Wildman–Crippen MR) is 117 cm³/mol. The molecule has 1 aliphatic heterocycles. The zero-order valence-electron chi connectivity index (χ0n) is 16.6. The van der Waals surface area contributed by atoms with Crippen molar-refractivity contribution in [1.82, 2.24) is 10.2 Å². The zero-order chi connectivity index (χ0) is 22.8. The Kier molecular flexibility index (Phi) is 6.68. The molecule has 1 heterocycles. The summed E-state index contributed by atoms with van der Waals surface area (Å²) in [5.41, 5.74) is 1.11. The lowest BCUT2D eigenvalue weighted by atomic mass is 10.1. The van der Waals surface area contributed by atoms with Crippen LogP contribution in [0.2, 0.25) is 0 Å². The Bertz CT molecular complexity index is 1110. The molecule has 0 bridgehead atoms. The molecule has 31 heavy (non-hydrogen) atoms. The molecule has 3 N–H and O–H groups in total. The summed E-state index contributed by atoms with van der Waals surface area (Å²) >= 11 is 5.35. The number of sulfonamides is 1. The van der Waals surface area contributed by atoms with Gasteiger partial charge >= 0.3 is 0 Å². The van der Waals surface area contributed by atoms with Gasteiger partial charge in [0, 0.05) is 13.6 Å². The Morgan fingerprint density at radius 1 is 1.19 bits per heavy atom. The van der Waals surface area contributed by atoms with Crippen LogP contribution in [0.5, 0.6) is 0 Å². The lowest BCUT2D eigenvalue weighted by molar-refractivity contribution is -0.122. The van der Waals surface area contributed by atoms with E-state index in [1.165, 1.54) is 36.4 Å². The van der Waals surface area contributed by atoms with Crippen LogP contribution in [0.3, 0.4) is 0 Å². The summed E-state index contributed by atoms with van der Waals surface area (Å²) in [7, 11) is -2.16. The van der Waals surface area contributed by atoms with Gasteiger partial charge in [0.25, 0.3) is 5.91 Å². The van der Waals surface area contributed by atoms with Gasteiger partial charge in [-0.15, -0.1) is 0 Å². The quantitative estimate of drug-likeness (QED) is 0.487. The third-order valence-corrected chi connectivity index (χ3v) is 6.32. The number of benzene rings is 2. The first-order chi connectivity index (χ1) is 14.6. The highest BCUT2D eigenvalue weighted by Gasteiger charge is 2.43. The highest BCUT2D eigenvalue weighted by Crippen LogP contribution is 2.26. The van der Waals surface area contributed by atoms with Gasteiger partial charge in [-0.05, 0) is 60.6 Å². The number of carbonyl (C=O) groups is 2. The second kappa shape index (κ2) is 9.08. The number of imide groups is 1. The fourth-order valence-electron chi connectivity index (χ4n) is 3.36. The summed E-state index contributed by atoms with van der Waals surface area (Å²) in [6, 6.07) is 10.4. The van der Waals surface area contributed by atoms with Gasteiger partial charge in [0.15, 0.2) is 5.11 Å². The van der Waals surface area contributed by atoms with Gasteiger partial charge in [-0.2, -0.15) is 0 Å². The van der Waals surface area contributed by atoms with Crippen LogP contribution in [-0.2, 0) is 26.0 Å². The Morgan fingerprint density at radius 3 is 2.35 bits per heavy atom. The Balaban J connectivity index is 1.78. The Labute approximate surface area is 184 Å². The highest BCUT2D eigenvalue weighted by atomic mass is 32.2. The number of halogens is 1. The lowest BCUT2D eigenvalue weighted by Gasteiger charge is -2.29. The van der Waals surface area contributed by atoms with Crippen molar-refractivity contribution < 1.29 is 22.4 Å². The predicted octanol–water partition coefficient (Wildman–Crippen LogP) is 1.15. The van der Waals surface area contributed by atoms with Crippen LogP contribution in [0, 0.1) is 5.82 Å². The molecule has 2 aromatic carbocycles. The number of hydrogen-bond donors (Lipinski definition) is 2. The van der Waals surface area contributed by atoms with Crippen molar-refractivity contribution in [2.45, 2.75) is 23.8 Å². The molecular formula is C20H21FN4O4S2. The highest BCUT2D eigenvalue weighted by molar-refractivity contribution is 7.89. The van der Waals surface area contributed by atoms with E-state index in [1.807, 2.05) is 0 Å². The fraction of sp³-hybridized carbons (Fsp3) is 0.250. The summed E-state index contributed by atoms with van der Waals surface area (Å²) in [6.07, 6.45) is 0.379. The first-order valence-corrected chi connectivity index (χ1v) is 11.3. The molecular weight excluding hydrogens is 443 g/mol. The largest absolute Gasteiger partial charge is 0.366 e. The SMILES string of the molecule is CNC(=S)N(CCc1ccc(S(N)(=O)=O)cc1)C1CC(=O)N(c2ccc(F)cc2)C1=O. The molecule has 1 fully saturated rings. The minimum Gasteiger partial charge on any atom is -0.366 e. The van der Waals surface area contributed by atoms with Gasteiger partial charge in [-0.25, -0.2) is 22.8 Å². The summed E-state index contributed by atoms with van der Waals surface area (Å²) in [4.78, 5) is 28.3. The molecule has 1 saturated heterocycles. The minimum atomic E-state index is -3.78. The van der Waals surface area contributed by atoms with E-state index in [9.17, 15) is 22.4 Å². The van der Waals surface area contributed by atoms with Crippen LogP contribution in [0.1, 0.15) is 12.0 Å². The van der Waals surface area contributed by atoms with Gasteiger partial charge in [0.1, 0.15) is 11.9 Å². The number of nitrogens with one attached hydrogen (secondary N) is 1. The molecule has 8 nitrogen and oxygen atoms in total. The normalized spacial score (nSPS) is 16.5. The van der Waals surface area contributed by atoms with Crippen molar-refractivity contribution in [3.05, 3.63) is 59.9 Å². The molecule has 0 saturated carbocycles. The summed E-state index contributed by atoms with van der Waals surface area (Å²) in [5, 5.41) is 8.24. The number of rotatable bonds is 6. The monoisotopic (exact) mass is 464 g/mol. The van der Waals surface area contributed by atoms with E-state index in [2.05, 4.69) is 5.32 Å². The van der Waals surface area contributed by atoms with Crippen molar-refractivity contribution in [3.8, 4) is 0 Å². The topological polar surface area (TPSA) is 113 Å². The number of carbonyl (C=O) groups excluding carboxylic acids is 2. The van der Waals surface area contributed by atoms with Crippen LogP contribution in [0.4, 0.5) is 10.1 Å². The van der Waals surface area contributed by atoms with E-state index >= 15 is 0 Å². The van der Waals surface area contributed by atoms with Crippen LogP contribution < -0.4 is 15.4 Å². The molecule has 2 amide bonds. The van der Waals surface area contributed by atoms with Crippen molar-refractivity contribution in [1.29, 1.82) is 0 Å². The Hall–Kier alpha value is -2.89. The minimum absolute atomic E-state index is 0.00496. The molecule has 0 aromatic heterocycles. The number of nitrogens with zero attached hydrogens (tertiary/aromatic N) is 2. The number of hydrogen-bond acceptors (Lipinski definition) is 5.